The molecule has 176 valence electrons. The van der Waals surface area contributed by atoms with E-state index in [1.165, 1.54) is 32.1 Å². The van der Waals surface area contributed by atoms with Crippen LogP contribution < -0.4 is 0 Å². The van der Waals surface area contributed by atoms with Crippen molar-refractivity contribution in [2.24, 2.45) is 46.3 Å². The maximum atomic E-state index is 12.6. The van der Waals surface area contributed by atoms with Gasteiger partial charge in [-0.25, -0.2) is 0 Å². The molecule has 0 radical (unpaired) electrons. The molecule has 0 aromatic rings. The number of aliphatic hydroxyl groups excluding tert-OH is 1. The molecule has 0 bridgehead atoms. The van der Waals surface area contributed by atoms with E-state index in [1.807, 2.05) is 6.92 Å². The first-order valence-corrected chi connectivity index (χ1v) is 12.8. The lowest BCUT2D eigenvalue weighted by Gasteiger charge is -2.59. The first kappa shape index (κ1) is 23.4. The van der Waals surface area contributed by atoms with Crippen LogP contribution in [0.3, 0.4) is 0 Å². The van der Waals surface area contributed by atoms with Crippen LogP contribution in [0.5, 0.6) is 0 Å². The van der Waals surface area contributed by atoms with Crippen molar-refractivity contribution in [3.8, 4) is 0 Å². The molecule has 0 aliphatic heterocycles. The molecule has 3 fully saturated rings. The summed E-state index contributed by atoms with van der Waals surface area (Å²) in [4.78, 5) is 12.6. The Balaban J connectivity index is 1.56. The van der Waals surface area contributed by atoms with Gasteiger partial charge in [0, 0.05) is 11.8 Å². The number of aliphatic hydroxyl groups is 3. The number of hydrogen-bond acceptors (Lipinski definition) is 4. The molecule has 0 aromatic heterocycles. The minimum atomic E-state index is -2.43. The number of hydrogen-bond donors (Lipinski definition) is 3. The van der Waals surface area contributed by atoms with Gasteiger partial charge < -0.3 is 15.3 Å². The van der Waals surface area contributed by atoms with Gasteiger partial charge in [-0.1, -0.05) is 65.5 Å². The second-order valence-electron chi connectivity index (χ2n) is 12.4. The van der Waals surface area contributed by atoms with Gasteiger partial charge >= 0.3 is 0 Å². The molecule has 31 heavy (non-hydrogen) atoms. The highest BCUT2D eigenvalue weighted by Crippen LogP contribution is 2.67. The average molecular weight is 433 g/mol. The van der Waals surface area contributed by atoms with E-state index in [0.29, 0.717) is 17.3 Å². The van der Waals surface area contributed by atoms with Crippen LogP contribution in [-0.2, 0) is 4.79 Å². The third-order valence-corrected chi connectivity index (χ3v) is 10.4. The Kier molecular flexibility index (Phi) is 6.02. The Morgan fingerprint density at radius 2 is 1.77 bits per heavy atom. The van der Waals surface area contributed by atoms with Crippen molar-refractivity contribution in [2.75, 3.05) is 0 Å². The van der Waals surface area contributed by atoms with Gasteiger partial charge in [-0.15, -0.1) is 0 Å². The quantitative estimate of drug-likeness (QED) is 0.428. The molecule has 0 aromatic carbocycles. The maximum Gasteiger partial charge on any atom is 0.230 e. The highest BCUT2D eigenvalue weighted by molar-refractivity contribution is 5.92. The molecule has 4 nitrogen and oxygen atoms in total. The molecule has 8 atom stereocenters. The highest BCUT2D eigenvalue weighted by atomic mass is 16.5. The van der Waals surface area contributed by atoms with Crippen LogP contribution in [0.25, 0.3) is 0 Å². The van der Waals surface area contributed by atoms with Crippen LogP contribution in [0.1, 0.15) is 92.4 Å². The second-order valence-corrected chi connectivity index (χ2v) is 12.4. The molecule has 4 aliphatic rings. The van der Waals surface area contributed by atoms with E-state index in [9.17, 15) is 20.1 Å². The van der Waals surface area contributed by atoms with Crippen molar-refractivity contribution >= 4 is 5.78 Å². The van der Waals surface area contributed by atoms with E-state index in [-0.39, 0.29) is 12.3 Å². The van der Waals surface area contributed by atoms with E-state index >= 15 is 0 Å². The highest BCUT2D eigenvalue weighted by Gasteiger charge is 2.64. The van der Waals surface area contributed by atoms with Gasteiger partial charge in [0.05, 0.1) is 0 Å². The fourth-order valence-corrected chi connectivity index (χ4v) is 8.61. The minimum absolute atomic E-state index is 0.0555. The fraction of sp³-hybridized carbons (Fsp3) is 0.889. The molecule has 0 saturated heterocycles. The molecule has 4 aliphatic carbocycles. The number of Topliss-reactive ketones (excluding diaryl/α,β-unsaturated/α-hetero) is 1. The third-order valence-electron chi connectivity index (χ3n) is 10.4. The number of fused-ring (bicyclic) bond motifs is 5. The number of carbonyl (C=O) groups excluding carboxylic acids is 1. The summed E-state index contributed by atoms with van der Waals surface area (Å²) in [6.45, 7) is 11.6. The molecule has 3 N–H and O–H groups in total. The zero-order chi connectivity index (χ0) is 22.8. The van der Waals surface area contributed by atoms with Gasteiger partial charge in [-0.2, -0.15) is 0 Å². The zero-order valence-electron chi connectivity index (χ0n) is 20.2. The second kappa shape index (κ2) is 7.95. The zero-order valence-corrected chi connectivity index (χ0v) is 20.2. The van der Waals surface area contributed by atoms with Crippen molar-refractivity contribution in [1.82, 2.24) is 0 Å². The summed E-state index contributed by atoms with van der Waals surface area (Å²) >= 11 is 0. The Hall–Kier alpha value is -0.710. The molecule has 4 rings (SSSR count). The lowest BCUT2D eigenvalue weighted by Crippen LogP contribution is -2.63. The summed E-state index contributed by atoms with van der Waals surface area (Å²) in [6.07, 6.45) is 10.4. The summed E-state index contributed by atoms with van der Waals surface area (Å²) in [5.41, 5.74) is 0.574. The van der Waals surface area contributed by atoms with Gasteiger partial charge in [0.25, 0.3) is 0 Å². The molecular weight excluding hydrogens is 388 g/mol. The minimum Gasteiger partial charge on any atom is -0.384 e. The Labute approximate surface area is 188 Å². The van der Waals surface area contributed by atoms with E-state index in [4.69, 9.17) is 0 Å². The van der Waals surface area contributed by atoms with Crippen molar-refractivity contribution in [1.29, 1.82) is 0 Å². The fourth-order valence-electron chi connectivity index (χ4n) is 8.61. The van der Waals surface area contributed by atoms with Crippen molar-refractivity contribution in [3.63, 3.8) is 0 Å². The summed E-state index contributed by atoms with van der Waals surface area (Å²) < 4.78 is 0. The first-order valence-electron chi connectivity index (χ1n) is 12.8. The van der Waals surface area contributed by atoms with E-state index in [0.717, 1.165) is 42.6 Å². The smallest absolute Gasteiger partial charge is 0.230 e. The summed E-state index contributed by atoms with van der Waals surface area (Å²) in [5.74, 6) is 0.416. The van der Waals surface area contributed by atoms with E-state index in [1.54, 1.807) is 0 Å². The number of rotatable bonds is 5. The Morgan fingerprint density at radius 3 is 2.45 bits per heavy atom. The molecule has 0 heterocycles. The SMILES string of the molecule is CC(C)CCC[C@@H](C)[C@H]1CC[C@H]2[C@@H]3CC=C4CC(O)(O)C(=O)C(O)[C@]4(C)[C@H]3CC[C@]12C. The van der Waals surface area contributed by atoms with Crippen molar-refractivity contribution in [2.45, 2.75) is 104 Å². The largest absolute Gasteiger partial charge is 0.384 e. The Bertz CT molecular complexity index is 740. The van der Waals surface area contributed by atoms with Gasteiger partial charge in [-0.3, -0.25) is 4.79 Å². The third kappa shape index (κ3) is 3.56. The number of carbonyl (C=O) groups is 1. The normalized spacial score (nSPS) is 45.0. The van der Waals surface area contributed by atoms with E-state index < -0.39 is 23.1 Å². The molecule has 1 unspecified atom stereocenters. The lowest BCUT2D eigenvalue weighted by molar-refractivity contribution is -0.211. The van der Waals surface area contributed by atoms with Crippen molar-refractivity contribution in [3.05, 3.63) is 11.6 Å². The molecule has 4 heteroatoms. The molecule has 3 saturated carbocycles. The molecule has 0 spiro atoms. The lowest BCUT2D eigenvalue weighted by atomic mass is 9.46. The van der Waals surface area contributed by atoms with Crippen LogP contribution in [0.15, 0.2) is 11.6 Å². The molecular formula is C27H44O4. The number of allylic oxidation sites excluding steroid dienone is 1. The number of ketones is 1. The molecule has 0 amide bonds. The predicted molar refractivity (Wildman–Crippen MR) is 122 cm³/mol. The van der Waals surface area contributed by atoms with Crippen molar-refractivity contribution < 1.29 is 20.1 Å². The van der Waals surface area contributed by atoms with Crippen LogP contribution in [0.4, 0.5) is 0 Å². The van der Waals surface area contributed by atoms with Crippen LogP contribution in [0, 0.1) is 46.3 Å². The van der Waals surface area contributed by atoms with Gasteiger partial charge in [0.2, 0.25) is 11.6 Å². The standard InChI is InChI=1S/C27H44O4/c1-16(2)7-6-8-17(3)20-11-12-21-19-10-9-18-15-27(30,31)24(29)23(28)26(18,5)22(19)13-14-25(20,21)4/h9,16-17,19-23,28,30-31H,6-8,10-15H2,1-5H3/t17-,19+,20-,21+,22+,23?,25-,26+/m1/s1. The Morgan fingerprint density at radius 1 is 1.06 bits per heavy atom. The van der Waals surface area contributed by atoms with Crippen LogP contribution in [-0.4, -0.2) is 33.0 Å². The summed E-state index contributed by atoms with van der Waals surface area (Å²) in [5, 5.41) is 31.3. The van der Waals surface area contributed by atoms with Gasteiger partial charge in [0.1, 0.15) is 6.10 Å². The average Bonchev–Trinajstić information content (AvgIpc) is 3.05. The summed E-state index contributed by atoms with van der Waals surface area (Å²) in [6, 6.07) is 0. The van der Waals surface area contributed by atoms with Gasteiger partial charge in [0.15, 0.2) is 0 Å². The van der Waals surface area contributed by atoms with Crippen LogP contribution >= 0.6 is 0 Å². The van der Waals surface area contributed by atoms with Gasteiger partial charge in [-0.05, 0) is 73.0 Å². The summed E-state index contributed by atoms with van der Waals surface area (Å²) in [7, 11) is 0. The predicted octanol–water partition coefficient (Wildman–Crippen LogP) is 4.86. The van der Waals surface area contributed by atoms with E-state index in [2.05, 4.69) is 33.8 Å². The maximum absolute atomic E-state index is 12.6. The topological polar surface area (TPSA) is 77.8 Å². The first-order chi connectivity index (χ1) is 14.4. The monoisotopic (exact) mass is 432 g/mol. The van der Waals surface area contributed by atoms with Crippen LogP contribution in [0.2, 0.25) is 0 Å².